The van der Waals surface area contributed by atoms with E-state index in [-0.39, 0.29) is 5.69 Å². The van der Waals surface area contributed by atoms with Gasteiger partial charge in [0.1, 0.15) is 5.69 Å². The van der Waals surface area contributed by atoms with Gasteiger partial charge in [-0.2, -0.15) is 0 Å². The number of aromatic amines is 1. The van der Waals surface area contributed by atoms with Crippen molar-refractivity contribution >= 4 is 28.5 Å². The molecule has 1 N–H and O–H groups in total. The summed E-state index contributed by atoms with van der Waals surface area (Å²) in [6, 6.07) is 5.65. The van der Waals surface area contributed by atoms with Gasteiger partial charge in [-0.3, -0.25) is 9.97 Å². The van der Waals surface area contributed by atoms with Gasteiger partial charge in [0, 0.05) is 28.9 Å². The van der Waals surface area contributed by atoms with E-state index in [1.165, 1.54) is 7.11 Å². The average molecular weight is 302 g/mol. The quantitative estimate of drug-likeness (QED) is 0.737. The Balaban J connectivity index is 2.17. The van der Waals surface area contributed by atoms with E-state index in [0.29, 0.717) is 5.02 Å². The number of ether oxygens (including phenoxy) is 1. The van der Waals surface area contributed by atoms with E-state index in [1.807, 2.05) is 25.1 Å². The molecule has 0 radical (unpaired) electrons. The molecule has 106 valence electrons. The van der Waals surface area contributed by atoms with Crippen LogP contribution in [-0.4, -0.2) is 28.0 Å². The molecule has 0 amide bonds. The van der Waals surface area contributed by atoms with Gasteiger partial charge in [-0.25, -0.2) is 4.79 Å². The van der Waals surface area contributed by atoms with Crippen molar-refractivity contribution in [3.05, 3.63) is 47.0 Å². The lowest BCUT2D eigenvalue weighted by molar-refractivity contribution is 0.0595. The third-order valence-corrected chi connectivity index (χ3v) is 3.67. The minimum Gasteiger partial charge on any atom is -0.464 e. The highest BCUT2D eigenvalue weighted by molar-refractivity contribution is 6.38. The molecule has 0 fully saturated rings. The number of aromatic nitrogens is 3. The molecule has 5 nitrogen and oxygen atoms in total. The molecule has 0 aliphatic rings. The average Bonchev–Trinajstić information content (AvgIpc) is 2.83. The number of nitrogens with zero attached hydrogens (tertiary/aromatic N) is 2. The molecule has 0 aliphatic heterocycles. The van der Waals surface area contributed by atoms with E-state index in [2.05, 4.69) is 15.0 Å². The molecule has 0 saturated carbocycles. The summed E-state index contributed by atoms with van der Waals surface area (Å²) < 4.78 is 4.70. The number of rotatable bonds is 2. The van der Waals surface area contributed by atoms with Crippen molar-refractivity contribution < 1.29 is 9.53 Å². The van der Waals surface area contributed by atoms with Crippen molar-refractivity contribution in [1.82, 2.24) is 15.0 Å². The smallest absolute Gasteiger partial charge is 0.356 e. The number of hydrogen-bond acceptors (Lipinski definition) is 4. The summed E-state index contributed by atoms with van der Waals surface area (Å²) in [4.78, 5) is 23.2. The fourth-order valence-electron chi connectivity index (χ4n) is 2.24. The molecular weight excluding hydrogens is 290 g/mol. The van der Waals surface area contributed by atoms with Crippen LogP contribution in [-0.2, 0) is 4.74 Å². The van der Waals surface area contributed by atoms with Crippen LogP contribution in [0.25, 0.3) is 22.2 Å². The lowest BCUT2D eigenvalue weighted by Crippen LogP contribution is -2.01. The summed E-state index contributed by atoms with van der Waals surface area (Å²) in [6.45, 7) is 1.90. The Labute approximate surface area is 125 Å². The first-order chi connectivity index (χ1) is 10.1. The van der Waals surface area contributed by atoms with E-state index in [4.69, 9.17) is 16.3 Å². The summed E-state index contributed by atoms with van der Waals surface area (Å²) in [5.41, 5.74) is 3.54. The van der Waals surface area contributed by atoms with Crippen molar-refractivity contribution in [1.29, 1.82) is 0 Å². The van der Waals surface area contributed by atoms with Crippen LogP contribution in [0, 0.1) is 6.92 Å². The van der Waals surface area contributed by atoms with E-state index >= 15 is 0 Å². The molecule has 0 atom stereocenters. The van der Waals surface area contributed by atoms with Crippen molar-refractivity contribution in [2.24, 2.45) is 0 Å². The van der Waals surface area contributed by atoms with Crippen LogP contribution in [0.1, 0.15) is 16.2 Å². The molecule has 0 spiro atoms. The minimum atomic E-state index is -0.492. The molecule has 2 aromatic heterocycles. The normalized spacial score (nSPS) is 10.8. The number of H-pyrrole nitrogens is 1. The third-order valence-electron chi connectivity index (χ3n) is 3.28. The van der Waals surface area contributed by atoms with Gasteiger partial charge in [-0.05, 0) is 13.0 Å². The second-order valence-electron chi connectivity index (χ2n) is 4.56. The van der Waals surface area contributed by atoms with Crippen LogP contribution >= 0.6 is 11.6 Å². The zero-order chi connectivity index (χ0) is 15.0. The number of benzene rings is 1. The molecule has 0 aliphatic carbocycles. The summed E-state index contributed by atoms with van der Waals surface area (Å²) in [5, 5.41) is 1.13. The van der Waals surface area contributed by atoms with Gasteiger partial charge in [0.2, 0.25) is 0 Å². The van der Waals surface area contributed by atoms with Gasteiger partial charge in [-0.15, -0.1) is 0 Å². The first kappa shape index (κ1) is 13.6. The first-order valence-corrected chi connectivity index (χ1v) is 6.67. The zero-order valence-electron chi connectivity index (χ0n) is 11.5. The van der Waals surface area contributed by atoms with Gasteiger partial charge < -0.3 is 9.72 Å². The first-order valence-electron chi connectivity index (χ1n) is 6.29. The standard InChI is InChI=1S/C15H12ClN3O2/c1-8-13(18-6-5-17-8)9-3-4-10-11(7-9)19-14(12(10)16)15(20)21-2/h3-7,19H,1-2H3. The van der Waals surface area contributed by atoms with Gasteiger partial charge >= 0.3 is 5.97 Å². The number of hydrogen-bond donors (Lipinski definition) is 1. The third kappa shape index (κ3) is 2.25. The number of halogens is 1. The van der Waals surface area contributed by atoms with Gasteiger partial charge in [0.25, 0.3) is 0 Å². The lowest BCUT2D eigenvalue weighted by atomic mass is 10.1. The summed E-state index contributed by atoms with van der Waals surface area (Å²) >= 11 is 6.20. The second-order valence-corrected chi connectivity index (χ2v) is 4.93. The molecule has 3 aromatic rings. The Morgan fingerprint density at radius 2 is 2.05 bits per heavy atom. The number of carbonyl (C=O) groups excluding carboxylic acids is 1. The zero-order valence-corrected chi connectivity index (χ0v) is 12.2. The molecule has 2 heterocycles. The number of fused-ring (bicyclic) bond motifs is 1. The van der Waals surface area contributed by atoms with Crippen LogP contribution < -0.4 is 0 Å². The fourth-order valence-corrected chi connectivity index (χ4v) is 2.53. The van der Waals surface area contributed by atoms with E-state index in [1.54, 1.807) is 12.4 Å². The van der Waals surface area contributed by atoms with Crippen LogP contribution in [0.3, 0.4) is 0 Å². The van der Waals surface area contributed by atoms with E-state index in [0.717, 1.165) is 27.9 Å². The maximum absolute atomic E-state index is 11.7. The van der Waals surface area contributed by atoms with Crippen molar-refractivity contribution in [3.63, 3.8) is 0 Å². The van der Waals surface area contributed by atoms with Gasteiger partial charge in [0.15, 0.2) is 0 Å². The molecule has 6 heteroatoms. The van der Waals surface area contributed by atoms with Gasteiger partial charge in [-0.1, -0.05) is 23.7 Å². The molecule has 0 bridgehead atoms. The van der Waals surface area contributed by atoms with Crippen molar-refractivity contribution in [3.8, 4) is 11.3 Å². The number of carbonyl (C=O) groups is 1. The Bertz CT molecular complexity index is 842. The van der Waals surface area contributed by atoms with Gasteiger partial charge in [0.05, 0.1) is 23.5 Å². The molecule has 1 aromatic carbocycles. The summed E-state index contributed by atoms with van der Waals surface area (Å²) in [5.74, 6) is -0.492. The Morgan fingerprint density at radius 1 is 1.29 bits per heavy atom. The number of aryl methyl sites for hydroxylation is 1. The monoisotopic (exact) mass is 301 g/mol. The minimum absolute atomic E-state index is 0.252. The number of esters is 1. The summed E-state index contributed by atoms with van der Waals surface area (Å²) in [7, 11) is 1.32. The lowest BCUT2D eigenvalue weighted by Gasteiger charge is -2.03. The Kier molecular flexibility index (Phi) is 3.35. The predicted octanol–water partition coefficient (Wildman–Crippen LogP) is 3.37. The predicted molar refractivity (Wildman–Crippen MR) is 80.4 cm³/mol. The fraction of sp³-hybridized carbons (Fsp3) is 0.133. The van der Waals surface area contributed by atoms with E-state index < -0.39 is 5.97 Å². The molecular formula is C15H12ClN3O2. The molecule has 0 saturated heterocycles. The van der Waals surface area contributed by atoms with Crippen LogP contribution in [0.4, 0.5) is 0 Å². The van der Waals surface area contributed by atoms with Crippen molar-refractivity contribution in [2.75, 3.05) is 7.11 Å². The maximum atomic E-state index is 11.7. The second kappa shape index (κ2) is 5.18. The Morgan fingerprint density at radius 3 is 2.76 bits per heavy atom. The Hall–Kier alpha value is -2.40. The summed E-state index contributed by atoms with van der Waals surface area (Å²) in [6.07, 6.45) is 3.30. The molecule has 3 rings (SSSR count). The van der Waals surface area contributed by atoms with Crippen LogP contribution in [0.15, 0.2) is 30.6 Å². The van der Waals surface area contributed by atoms with Crippen LogP contribution in [0.2, 0.25) is 5.02 Å². The molecule has 0 unspecified atom stereocenters. The molecule has 21 heavy (non-hydrogen) atoms. The van der Waals surface area contributed by atoms with Crippen LogP contribution in [0.5, 0.6) is 0 Å². The number of nitrogens with one attached hydrogen (secondary N) is 1. The largest absolute Gasteiger partial charge is 0.464 e. The number of methoxy groups -OCH3 is 1. The highest BCUT2D eigenvalue weighted by atomic mass is 35.5. The van der Waals surface area contributed by atoms with Crippen molar-refractivity contribution in [2.45, 2.75) is 6.92 Å². The maximum Gasteiger partial charge on any atom is 0.356 e. The highest BCUT2D eigenvalue weighted by Crippen LogP contribution is 2.31. The highest BCUT2D eigenvalue weighted by Gasteiger charge is 2.17. The topological polar surface area (TPSA) is 67.9 Å². The van der Waals surface area contributed by atoms with E-state index in [9.17, 15) is 4.79 Å². The SMILES string of the molecule is COC(=O)c1[nH]c2cc(-c3nccnc3C)ccc2c1Cl.